The van der Waals surface area contributed by atoms with Crippen molar-refractivity contribution >= 4 is 11.6 Å². The maximum absolute atomic E-state index is 6.06. The molecule has 1 aromatic carbocycles. The van der Waals surface area contributed by atoms with Gasteiger partial charge in [0.05, 0.1) is 0 Å². The molecule has 0 aromatic heterocycles. The second kappa shape index (κ2) is 7.84. The molecule has 1 heterocycles. The van der Waals surface area contributed by atoms with Gasteiger partial charge in [-0.1, -0.05) is 52.0 Å². The number of alkyl halides is 1. The molecule has 22 heavy (non-hydrogen) atoms. The van der Waals surface area contributed by atoms with E-state index in [-0.39, 0.29) is 5.41 Å². The lowest BCUT2D eigenvalue weighted by Gasteiger charge is -2.32. The van der Waals surface area contributed by atoms with Gasteiger partial charge >= 0.3 is 0 Å². The lowest BCUT2D eigenvalue weighted by Crippen LogP contribution is -2.36. The third kappa shape index (κ3) is 4.99. The number of likely N-dealkylation sites (tertiary alicyclic amines) is 1. The van der Waals surface area contributed by atoms with Crippen molar-refractivity contribution in [2.75, 3.05) is 25.5 Å². The Morgan fingerprint density at radius 1 is 1.18 bits per heavy atom. The summed E-state index contributed by atoms with van der Waals surface area (Å²) >= 11 is 6.06. The summed E-state index contributed by atoms with van der Waals surface area (Å²) in [4.78, 5) is 2.65. The van der Waals surface area contributed by atoms with Crippen molar-refractivity contribution in [2.45, 2.75) is 52.4 Å². The van der Waals surface area contributed by atoms with Crippen LogP contribution in [0, 0.1) is 11.8 Å². The van der Waals surface area contributed by atoms with E-state index in [0.717, 1.165) is 11.8 Å². The van der Waals surface area contributed by atoms with Gasteiger partial charge in [0.25, 0.3) is 0 Å². The number of rotatable bonds is 6. The molecule has 124 valence electrons. The molecule has 0 aliphatic carbocycles. The molecule has 0 amide bonds. The Balaban J connectivity index is 1.85. The summed E-state index contributed by atoms with van der Waals surface area (Å²) in [5.74, 6) is 2.31. The number of benzene rings is 1. The van der Waals surface area contributed by atoms with Crippen LogP contribution >= 0.6 is 11.6 Å². The molecule has 2 rings (SSSR count). The van der Waals surface area contributed by atoms with E-state index in [2.05, 4.69) is 56.9 Å². The molecule has 1 aliphatic heterocycles. The van der Waals surface area contributed by atoms with Crippen LogP contribution in [0.2, 0.25) is 0 Å². The van der Waals surface area contributed by atoms with Crippen molar-refractivity contribution in [1.29, 1.82) is 0 Å². The van der Waals surface area contributed by atoms with Gasteiger partial charge in [0.2, 0.25) is 0 Å². The van der Waals surface area contributed by atoms with E-state index >= 15 is 0 Å². The van der Waals surface area contributed by atoms with Crippen LogP contribution in [0.25, 0.3) is 0 Å². The summed E-state index contributed by atoms with van der Waals surface area (Å²) in [6.07, 6.45) is 3.91. The van der Waals surface area contributed by atoms with Gasteiger partial charge in [0, 0.05) is 17.8 Å². The first-order chi connectivity index (χ1) is 10.4. The number of piperidine rings is 1. The predicted octanol–water partition coefficient (Wildman–Crippen LogP) is 5.11. The number of hydrogen-bond donors (Lipinski definition) is 0. The minimum absolute atomic E-state index is 0.0657. The minimum atomic E-state index is 0.0657. The quantitative estimate of drug-likeness (QED) is 0.658. The first-order valence-corrected chi connectivity index (χ1v) is 9.32. The van der Waals surface area contributed by atoms with Crippen molar-refractivity contribution in [3.63, 3.8) is 0 Å². The van der Waals surface area contributed by atoms with Crippen LogP contribution in [-0.4, -0.2) is 30.4 Å². The molecule has 1 unspecified atom stereocenters. The van der Waals surface area contributed by atoms with Gasteiger partial charge in [0.1, 0.15) is 0 Å². The van der Waals surface area contributed by atoms with Gasteiger partial charge in [0.15, 0.2) is 0 Å². The second-order valence-corrected chi connectivity index (χ2v) is 8.27. The van der Waals surface area contributed by atoms with E-state index in [9.17, 15) is 0 Å². The molecule has 2 heteroatoms. The lowest BCUT2D eigenvalue weighted by atomic mass is 9.86. The van der Waals surface area contributed by atoms with Crippen molar-refractivity contribution in [1.82, 2.24) is 4.90 Å². The highest BCUT2D eigenvalue weighted by atomic mass is 35.5. The Kier molecular flexibility index (Phi) is 6.35. The minimum Gasteiger partial charge on any atom is -0.303 e. The first kappa shape index (κ1) is 17.8. The van der Waals surface area contributed by atoms with E-state index in [1.54, 1.807) is 0 Å². The van der Waals surface area contributed by atoms with E-state index in [1.165, 1.54) is 50.0 Å². The maximum atomic E-state index is 6.06. The normalized spacial score (nSPS) is 19.3. The van der Waals surface area contributed by atoms with Gasteiger partial charge in [-0.3, -0.25) is 0 Å². The lowest BCUT2D eigenvalue weighted by molar-refractivity contribution is 0.170. The largest absolute Gasteiger partial charge is 0.303 e. The van der Waals surface area contributed by atoms with Crippen molar-refractivity contribution in [3.05, 3.63) is 35.4 Å². The van der Waals surface area contributed by atoms with E-state index in [4.69, 9.17) is 11.6 Å². The third-order valence-electron chi connectivity index (χ3n) is 5.10. The van der Waals surface area contributed by atoms with Crippen LogP contribution < -0.4 is 0 Å². The summed E-state index contributed by atoms with van der Waals surface area (Å²) < 4.78 is 0. The Bertz CT molecular complexity index is 443. The van der Waals surface area contributed by atoms with Crippen LogP contribution in [0.5, 0.6) is 0 Å². The molecule has 1 aromatic rings. The highest BCUT2D eigenvalue weighted by Crippen LogP contribution is 2.25. The van der Waals surface area contributed by atoms with Gasteiger partial charge < -0.3 is 4.90 Å². The Labute approximate surface area is 142 Å². The summed E-state index contributed by atoms with van der Waals surface area (Å²) in [6, 6.07) is 9.09. The van der Waals surface area contributed by atoms with Crippen molar-refractivity contribution in [2.24, 2.45) is 11.8 Å². The molecular formula is C20H32ClN. The SMILES string of the molecule is CC1CCN(CC(C)Cc2ccc(C(C)(C)CCl)cc2)CC1. The number of hydrogen-bond acceptors (Lipinski definition) is 1. The summed E-state index contributed by atoms with van der Waals surface area (Å²) in [5.41, 5.74) is 2.85. The molecule has 0 N–H and O–H groups in total. The Morgan fingerprint density at radius 3 is 2.32 bits per heavy atom. The van der Waals surface area contributed by atoms with Crippen LogP contribution in [0.1, 0.15) is 51.7 Å². The summed E-state index contributed by atoms with van der Waals surface area (Å²) in [5, 5.41) is 0. The number of halogens is 1. The standard InChI is InChI=1S/C20H32ClN/c1-16-9-11-22(12-10-16)14-17(2)13-18-5-7-19(8-6-18)20(3,4)15-21/h5-8,16-17H,9-15H2,1-4H3. The van der Waals surface area contributed by atoms with Crippen LogP contribution in [0.4, 0.5) is 0 Å². The van der Waals surface area contributed by atoms with E-state index < -0.39 is 0 Å². The first-order valence-electron chi connectivity index (χ1n) is 8.78. The van der Waals surface area contributed by atoms with Crippen molar-refractivity contribution < 1.29 is 0 Å². The smallest absolute Gasteiger partial charge is 0.0315 e. The zero-order valence-corrected chi connectivity index (χ0v) is 15.5. The van der Waals surface area contributed by atoms with E-state index in [1.807, 2.05) is 0 Å². The summed E-state index contributed by atoms with van der Waals surface area (Å²) in [6.45, 7) is 13.0. The van der Waals surface area contributed by atoms with Gasteiger partial charge in [-0.2, -0.15) is 0 Å². The third-order valence-corrected chi connectivity index (χ3v) is 5.77. The average Bonchev–Trinajstić information content (AvgIpc) is 2.50. The number of nitrogens with zero attached hydrogens (tertiary/aromatic N) is 1. The molecule has 1 saturated heterocycles. The highest BCUT2D eigenvalue weighted by Gasteiger charge is 2.20. The Hall–Kier alpha value is -0.530. The molecule has 1 aliphatic rings. The molecule has 1 nitrogen and oxygen atoms in total. The predicted molar refractivity (Wildman–Crippen MR) is 97.9 cm³/mol. The van der Waals surface area contributed by atoms with Crippen LogP contribution in [0.15, 0.2) is 24.3 Å². The van der Waals surface area contributed by atoms with E-state index in [0.29, 0.717) is 5.88 Å². The van der Waals surface area contributed by atoms with Crippen LogP contribution in [-0.2, 0) is 11.8 Å². The van der Waals surface area contributed by atoms with Crippen LogP contribution in [0.3, 0.4) is 0 Å². The average molecular weight is 322 g/mol. The molecule has 0 spiro atoms. The monoisotopic (exact) mass is 321 g/mol. The second-order valence-electron chi connectivity index (χ2n) is 8.01. The molecular weight excluding hydrogens is 290 g/mol. The van der Waals surface area contributed by atoms with Gasteiger partial charge in [-0.25, -0.2) is 0 Å². The zero-order valence-electron chi connectivity index (χ0n) is 14.7. The topological polar surface area (TPSA) is 3.24 Å². The molecule has 1 fully saturated rings. The summed E-state index contributed by atoms with van der Waals surface area (Å²) in [7, 11) is 0. The van der Waals surface area contributed by atoms with Crippen molar-refractivity contribution in [3.8, 4) is 0 Å². The zero-order chi connectivity index (χ0) is 16.2. The molecule has 0 saturated carbocycles. The highest BCUT2D eigenvalue weighted by molar-refractivity contribution is 6.18. The maximum Gasteiger partial charge on any atom is 0.0315 e. The van der Waals surface area contributed by atoms with Gasteiger partial charge in [-0.15, -0.1) is 11.6 Å². The Morgan fingerprint density at radius 2 is 1.77 bits per heavy atom. The van der Waals surface area contributed by atoms with Gasteiger partial charge in [-0.05, 0) is 55.3 Å². The molecule has 0 radical (unpaired) electrons. The fourth-order valence-electron chi connectivity index (χ4n) is 3.32. The molecule has 1 atom stereocenters. The fraction of sp³-hybridized carbons (Fsp3) is 0.700. The fourth-order valence-corrected chi connectivity index (χ4v) is 3.48. The molecule has 0 bridgehead atoms.